The first-order chi connectivity index (χ1) is 12.2. The standard InChI is InChI=1S/C19H23NO3S2/c1-2-23-15-7-5-14(6-8-15)16-9-10-17(25-16)19(13-18(21)20-22)11-3-4-12-24-19/h5-10,22H,2-4,11-13H2,1H3,(H,20,21)/t19-/m0/s1. The third kappa shape index (κ3) is 4.19. The molecule has 4 nitrogen and oxygen atoms in total. The van der Waals surface area contributed by atoms with E-state index in [0.717, 1.165) is 29.9 Å². The minimum absolute atomic E-state index is 0.223. The van der Waals surface area contributed by atoms with Crippen LogP contribution in [0, 0.1) is 0 Å². The van der Waals surface area contributed by atoms with Crippen LogP contribution in [0.25, 0.3) is 10.4 Å². The van der Waals surface area contributed by atoms with Crippen molar-refractivity contribution in [1.82, 2.24) is 5.48 Å². The zero-order valence-corrected chi connectivity index (χ0v) is 15.9. The Hall–Kier alpha value is -1.50. The fraction of sp³-hybridized carbons (Fsp3) is 0.421. The first-order valence-electron chi connectivity index (χ1n) is 8.57. The molecule has 2 aromatic rings. The van der Waals surface area contributed by atoms with Gasteiger partial charge in [-0.15, -0.1) is 23.1 Å². The largest absolute Gasteiger partial charge is 0.494 e. The van der Waals surface area contributed by atoms with Crippen LogP contribution in [0.3, 0.4) is 0 Å². The average molecular weight is 378 g/mol. The summed E-state index contributed by atoms with van der Waals surface area (Å²) in [5.74, 6) is 1.61. The molecule has 1 aliphatic heterocycles. The van der Waals surface area contributed by atoms with Crippen molar-refractivity contribution in [1.29, 1.82) is 0 Å². The van der Waals surface area contributed by atoms with E-state index in [2.05, 4.69) is 24.3 Å². The highest BCUT2D eigenvalue weighted by Crippen LogP contribution is 2.50. The molecule has 3 rings (SSSR count). The number of benzene rings is 1. The van der Waals surface area contributed by atoms with Crippen LogP contribution in [0.5, 0.6) is 5.75 Å². The number of thiophene rings is 1. The Morgan fingerprint density at radius 1 is 1.24 bits per heavy atom. The molecule has 1 saturated heterocycles. The Morgan fingerprint density at radius 3 is 2.68 bits per heavy atom. The summed E-state index contributed by atoms with van der Waals surface area (Å²) in [6.45, 7) is 2.64. The van der Waals surface area contributed by atoms with Gasteiger partial charge in [0.1, 0.15) is 5.75 Å². The molecular weight excluding hydrogens is 354 g/mol. The van der Waals surface area contributed by atoms with Gasteiger partial charge in [-0.25, -0.2) is 5.48 Å². The fourth-order valence-electron chi connectivity index (χ4n) is 3.19. The molecule has 0 aliphatic carbocycles. The molecule has 0 unspecified atom stereocenters. The molecule has 1 fully saturated rings. The number of hydrogen-bond acceptors (Lipinski definition) is 5. The van der Waals surface area contributed by atoms with Crippen molar-refractivity contribution in [2.45, 2.75) is 37.4 Å². The Kier molecular flexibility index (Phi) is 6.04. The minimum atomic E-state index is -0.314. The van der Waals surface area contributed by atoms with Gasteiger partial charge in [-0.1, -0.05) is 6.42 Å². The number of amides is 1. The molecule has 0 bridgehead atoms. The summed E-state index contributed by atoms with van der Waals surface area (Å²) in [5.41, 5.74) is 2.96. The summed E-state index contributed by atoms with van der Waals surface area (Å²) in [5, 5.41) is 8.96. The molecule has 1 amide bonds. The van der Waals surface area contributed by atoms with Crippen LogP contribution in [0.4, 0.5) is 0 Å². The van der Waals surface area contributed by atoms with E-state index >= 15 is 0 Å². The molecule has 25 heavy (non-hydrogen) atoms. The maximum absolute atomic E-state index is 11.9. The molecule has 1 aromatic heterocycles. The monoisotopic (exact) mass is 377 g/mol. The molecule has 0 radical (unpaired) electrons. The maximum Gasteiger partial charge on any atom is 0.245 e. The summed E-state index contributed by atoms with van der Waals surface area (Å²) in [6.07, 6.45) is 3.58. The second-order valence-corrected chi connectivity index (χ2v) is 8.70. The van der Waals surface area contributed by atoms with E-state index in [1.54, 1.807) is 16.8 Å². The number of carbonyl (C=O) groups is 1. The maximum atomic E-state index is 11.9. The summed E-state index contributed by atoms with van der Waals surface area (Å²) in [6, 6.07) is 12.4. The van der Waals surface area contributed by atoms with Gasteiger partial charge in [-0.3, -0.25) is 10.0 Å². The SMILES string of the molecule is CCOc1ccc(-c2ccc([C@@]3(CC(=O)NO)CCCCS3)s2)cc1. The van der Waals surface area contributed by atoms with Gasteiger partial charge in [0.25, 0.3) is 0 Å². The third-order valence-corrected chi connectivity index (χ3v) is 7.51. The molecule has 1 aliphatic rings. The zero-order valence-electron chi connectivity index (χ0n) is 14.3. The number of thioether (sulfide) groups is 1. The second kappa shape index (κ2) is 8.25. The highest BCUT2D eigenvalue weighted by molar-refractivity contribution is 8.00. The molecule has 2 heterocycles. The fourth-order valence-corrected chi connectivity index (χ4v) is 6.09. The lowest BCUT2D eigenvalue weighted by Gasteiger charge is -2.35. The third-order valence-electron chi connectivity index (χ3n) is 4.43. The van der Waals surface area contributed by atoms with Crippen LogP contribution >= 0.6 is 23.1 Å². The average Bonchev–Trinajstić information content (AvgIpc) is 3.14. The number of hydrogen-bond donors (Lipinski definition) is 2. The van der Waals surface area contributed by atoms with Crippen molar-refractivity contribution in [2.75, 3.05) is 12.4 Å². The Morgan fingerprint density at radius 2 is 2.04 bits per heavy atom. The summed E-state index contributed by atoms with van der Waals surface area (Å²) >= 11 is 3.58. The van der Waals surface area contributed by atoms with Gasteiger partial charge in [0, 0.05) is 16.2 Å². The predicted octanol–water partition coefficient (Wildman–Crippen LogP) is 4.82. The lowest BCUT2D eigenvalue weighted by molar-refractivity contribution is -0.129. The Bertz CT molecular complexity index is 706. The number of ether oxygens (including phenoxy) is 1. The first kappa shape index (κ1) is 18.3. The Labute approximate surface area is 156 Å². The summed E-state index contributed by atoms with van der Waals surface area (Å²) in [7, 11) is 0. The van der Waals surface area contributed by atoms with E-state index < -0.39 is 0 Å². The first-order valence-corrected chi connectivity index (χ1v) is 10.4. The molecular formula is C19H23NO3S2. The molecule has 134 valence electrons. The van der Waals surface area contributed by atoms with E-state index in [1.807, 2.05) is 30.8 Å². The molecule has 1 atom stereocenters. The molecule has 0 saturated carbocycles. The zero-order chi connectivity index (χ0) is 17.7. The summed E-state index contributed by atoms with van der Waals surface area (Å²) in [4.78, 5) is 14.3. The smallest absolute Gasteiger partial charge is 0.245 e. The van der Waals surface area contributed by atoms with E-state index in [-0.39, 0.29) is 10.7 Å². The van der Waals surface area contributed by atoms with Crippen molar-refractivity contribution < 1.29 is 14.7 Å². The van der Waals surface area contributed by atoms with E-state index in [9.17, 15) is 4.79 Å². The second-order valence-electron chi connectivity index (χ2n) is 6.13. The van der Waals surface area contributed by atoms with Crippen LogP contribution in [-0.2, 0) is 9.54 Å². The van der Waals surface area contributed by atoms with E-state index in [4.69, 9.17) is 9.94 Å². The van der Waals surface area contributed by atoms with Crippen LogP contribution in [0.15, 0.2) is 36.4 Å². The van der Waals surface area contributed by atoms with Gasteiger partial charge in [0.05, 0.1) is 11.4 Å². The minimum Gasteiger partial charge on any atom is -0.494 e. The molecule has 2 N–H and O–H groups in total. The molecule has 6 heteroatoms. The van der Waals surface area contributed by atoms with Crippen molar-refractivity contribution in [3.8, 4) is 16.2 Å². The molecule has 1 aromatic carbocycles. The van der Waals surface area contributed by atoms with Crippen molar-refractivity contribution in [3.05, 3.63) is 41.3 Å². The highest BCUT2D eigenvalue weighted by atomic mass is 32.2. The van der Waals surface area contributed by atoms with Crippen LogP contribution in [-0.4, -0.2) is 23.5 Å². The van der Waals surface area contributed by atoms with Crippen molar-refractivity contribution >= 4 is 29.0 Å². The lowest BCUT2D eigenvalue weighted by Crippen LogP contribution is -2.32. The van der Waals surface area contributed by atoms with Gasteiger partial charge in [0.15, 0.2) is 0 Å². The Balaban J connectivity index is 1.85. The topological polar surface area (TPSA) is 58.6 Å². The highest BCUT2D eigenvalue weighted by Gasteiger charge is 2.38. The van der Waals surface area contributed by atoms with E-state index in [0.29, 0.717) is 13.0 Å². The predicted molar refractivity (Wildman–Crippen MR) is 103 cm³/mol. The quantitative estimate of drug-likeness (QED) is 0.560. The van der Waals surface area contributed by atoms with Crippen molar-refractivity contribution in [2.24, 2.45) is 0 Å². The number of rotatable bonds is 6. The normalized spacial score (nSPS) is 20.2. The van der Waals surface area contributed by atoms with Gasteiger partial charge in [-0.05, 0) is 67.5 Å². The van der Waals surface area contributed by atoms with Gasteiger partial charge in [0.2, 0.25) is 5.91 Å². The molecule has 0 spiro atoms. The van der Waals surface area contributed by atoms with Crippen LogP contribution < -0.4 is 10.2 Å². The summed E-state index contributed by atoms with van der Waals surface area (Å²) < 4.78 is 5.28. The number of nitrogens with one attached hydrogen (secondary N) is 1. The number of hydroxylamine groups is 1. The van der Waals surface area contributed by atoms with E-state index in [1.165, 1.54) is 16.2 Å². The van der Waals surface area contributed by atoms with Crippen LogP contribution in [0.1, 0.15) is 37.5 Å². The number of carbonyl (C=O) groups excluding carboxylic acids is 1. The lowest BCUT2D eigenvalue weighted by atomic mass is 9.94. The van der Waals surface area contributed by atoms with Crippen LogP contribution in [0.2, 0.25) is 0 Å². The van der Waals surface area contributed by atoms with Gasteiger partial charge in [-0.2, -0.15) is 0 Å². The van der Waals surface area contributed by atoms with Gasteiger partial charge >= 0.3 is 0 Å². The van der Waals surface area contributed by atoms with Gasteiger partial charge < -0.3 is 4.74 Å². The van der Waals surface area contributed by atoms with Crippen molar-refractivity contribution in [3.63, 3.8) is 0 Å².